The zero-order valence-corrected chi connectivity index (χ0v) is 15.2. The summed E-state index contributed by atoms with van der Waals surface area (Å²) >= 11 is 0. The third-order valence-electron chi connectivity index (χ3n) is 4.31. The largest absolute Gasteiger partial charge is 0.468 e. The van der Waals surface area contributed by atoms with E-state index in [1.807, 2.05) is 6.07 Å². The van der Waals surface area contributed by atoms with E-state index >= 15 is 0 Å². The number of ether oxygens (including phenoxy) is 2. The quantitative estimate of drug-likeness (QED) is 0.557. The minimum absolute atomic E-state index is 0.199. The number of allylic oxidation sites excluding steroid dienone is 3. The van der Waals surface area contributed by atoms with Gasteiger partial charge in [-0.2, -0.15) is 0 Å². The van der Waals surface area contributed by atoms with Crippen LogP contribution in [0.2, 0.25) is 0 Å². The molecule has 0 amide bonds. The van der Waals surface area contributed by atoms with Crippen LogP contribution >= 0.6 is 0 Å². The van der Waals surface area contributed by atoms with Gasteiger partial charge in [0, 0.05) is 26.0 Å². The highest BCUT2D eigenvalue weighted by molar-refractivity contribution is 5.76. The molecule has 5 heteroatoms. The van der Waals surface area contributed by atoms with Gasteiger partial charge in [0.2, 0.25) is 0 Å². The van der Waals surface area contributed by atoms with Gasteiger partial charge < -0.3 is 14.4 Å². The standard InChI is InChI=1S/C20H26FNO3/c1-15-12-17(8-9-19(15)21)16-6-4-10-22(14-20(23)25-3)18(13-16)7-5-11-24-2/h6,8-9,12-13H,4-5,7,10-11,14H2,1-3H3. The van der Waals surface area contributed by atoms with E-state index in [4.69, 9.17) is 9.47 Å². The molecular formula is C20H26FNO3. The van der Waals surface area contributed by atoms with Gasteiger partial charge in [-0.3, -0.25) is 4.79 Å². The van der Waals surface area contributed by atoms with Gasteiger partial charge in [-0.15, -0.1) is 0 Å². The fraction of sp³-hybridized carbons (Fsp3) is 0.450. The van der Waals surface area contributed by atoms with Crippen LogP contribution in [0, 0.1) is 12.7 Å². The van der Waals surface area contributed by atoms with E-state index < -0.39 is 0 Å². The number of methoxy groups -OCH3 is 2. The molecule has 0 aromatic heterocycles. The highest BCUT2D eigenvalue weighted by Crippen LogP contribution is 2.26. The van der Waals surface area contributed by atoms with E-state index in [2.05, 4.69) is 17.1 Å². The molecule has 1 heterocycles. The van der Waals surface area contributed by atoms with Crippen LogP contribution in [0.25, 0.3) is 5.57 Å². The van der Waals surface area contributed by atoms with E-state index in [0.717, 1.165) is 42.6 Å². The second-order valence-corrected chi connectivity index (χ2v) is 6.14. The van der Waals surface area contributed by atoms with Crippen LogP contribution in [0.5, 0.6) is 0 Å². The van der Waals surface area contributed by atoms with Crippen molar-refractivity contribution in [2.75, 3.05) is 33.9 Å². The molecule has 1 aliphatic rings. The third kappa shape index (κ3) is 5.43. The molecule has 0 saturated carbocycles. The van der Waals surface area contributed by atoms with Crippen molar-refractivity contribution in [3.63, 3.8) is 0 Å². The Balaban J connectivity index is 2.28. The highest BCUT2D eigenvalue weighted by Gasteiger charge is 2.17. The zero-order valence-electron chi connectivity index (χ0n) is 15.2. The van der Waals surface area contributed by atoms with Gasteiger partial charge in [0.25, 0.3) is 0 Å². The monoisotopic (exact) mass is 347 g/mol. The van der Waals surface area contributed by atoms with Crippen molar-refractivity contribution in [2.24, 2.45) is 0 Å². The van der Waals surface area contributed by atoms with Crippen molar-refractivity contribution in [3.05, 3.63) is 53.0 Å². The lowest BCUT2D eigenvalue weighted by molar-refractivity contribution is -0.141. The molecule has 1 aromatic carbocycles. The molecule has 0 saturated heterocycles. The van der Waals surface area contributed by atoms with Crippen LogP contribution in [0.4, 0.5) is 4.39 Å². The summed E-state index contributed by atoms with van der Waals surface area (Å²) in [6, 6.07) is 5.16. The minimum atomic E-state index is -0.251. The maximum atomic E-state index is 13.6. The van der Waals surface area contributed by atoms with E-state index in [-0.39, 0.29) is 18.3 Å². The molecule has 1 aromatic rings. The Labute approximate surface area is 148 Å². The molecule has 0 spiro atoms. The molecule has 0 atom stereocenters. The molecule has 0 radical (unpaired) electrons. The van der Waals surface area contributed by atoms with Crippen LogP contribution in [-0.4, -0.2) is 44.8 Å². The fourth-order valence-corrected chi connectivity index (χ4v) is 2.90. The normalized spacial score (nSPS) is 14.6. The summed E-state index contributed by atoms with van der Waals surface area (Å²) in [5, 5.41) is 0. The van der Waals surface area contributed by atoms with Crippen LogP contribution in [0.3, 0.4) is 0 Å². The average Bonchev–Trinajstić information content (AvgIpc) is 2.80. The Bertz CT molecular complexity index is 667. The van der Waals surface area contributed by atoms with Crippen molar-refractivity contribution in [3.8, 4) is 0 Å². The van der Waals surface area contributed by atoms with Gasteiger partial charge in [0.15, 0.2) is 0 Å². The van der Waals surface area contributed by atoms with Crippen molar-refractivity contribution >= 4 is 11.5 Å². The smallest absolute Gasteiger partial charge is 0.325 e. The summed E-state index contributed by atoms with van der Waals surface area (Å²) in [7, 11) is 3.08. The van der Waals surface area contributed by atoms with Gasteiger partial charge in [-0.1, -0.05) is 12.1 Å². The first kappa shape index (κ1) is 19.2. The Morgan fingerprint density at radius 1 is 1.32 bits per heavy atom. The number of hydrogen-bond donors (Lipinski definition) is 0. The third-order valence-corrected chi connectivity index (χ3v) is 4.31. The molecule has 4 nitrogen and oxygen atoms in total. The predicted octanol–water partition coefficient (Wildman–Crippen LogP) is 3.71. The summed E-state index contributed by atoms with van der Waals surface area (Å²) in [6.45, 7) is 3.41. The number of halogens is 1. The Morgan fingerprint density at radius 2 is 2.12 bits per heavy atom. The van der Waals surface area contributed by atoms with Crippen LogP contribution in [0.1, 0.15) is 30.4 Å². The topological polar surface area (TPSA) is 38.8 Å². The summed E-state index contributed by atoms with van der Waals surface area (Å²) in [6.07, 6.45) is 6.73. The summed E-state index contributed by atoms with van der Waals surface area (Å²) in [5.74, 6) is -0.451. The van der Waals surface area contributed by atoms with Crippen LogP contribution in [0.15, 0.2) is 36.0 Å². The lowest BCUT2D eigenvalue weighted by atomic mass is 10.0. The second kappa shape index (κ2) is 9.37. The van der Waals surface area contributed by atoms with Gasteiger partial charge in [0.05, 0.1) is 7.11 Å². The van der Waals surface area contributed by atoms with Crippen LogP contribution < -0.4 is 0 Å². The number of esters is 1. The Morgan fingerprint density at radius 3 is 2.80 bits per heavy atom. The number of aryl methyl sites for hydroxylation is 1. The maximum Gasteiger partial charge on any atom is 0.325 e. The molecule has 0 N–H and O–H groups in total. The van der Waals surface area contributed by atoms with E-state index in [0.29, 0.717) is 12.2 Å². The Hall–Kier alpha value is -2.14. The first-order valence-electron chi connectivity index (χ1n) is 8.53. The van der Waals surface area contributed by atoms with E-state index in [1.165, 1.54) is 13.2 Å². The van der Waals surface area contributed by atoms with Crippen molar-refractivity contribution in [1.29, 1.82) is 0 Å². The summed E-state index contributed by atoms with van der Waals surface area (Å²) in [5.41, 5.74) is 3.75. The van der Waals surface area contributed by atoms with Crippen molar-refractivity contribution in [2.45, 2.75) is 26.2 Å². The first-order valence-corrected chi connectivity index (χ1v) is 8.53. The van der Waals surface area contributed by atoms with E-state index in [1.54, 1.807) is 20.1 Å². The number of carbonyl (C=O) groups excluding carboxylic acids is 1. The predicted molar refractivity (Wildman–Crippen MR) is 96.5 cm³/mol. The zero-order chi connectivity index (χ0) is 18.2. The molecule has 0 unspecified atom stereocenters. The summed E-state index contributed by atoms with van der Waals surface area (Å²) < 4.78 is 23.5. The second-order valence-electron chi connectivity index (χ2n) is 6.14. The summed E-state index contributed by atoms with van der Waals surface area (Å²) in [4.78, 5) is 13.8. The molecular weight excluding hydrogens is 321 g/mol. The molecule has 0 bridgehead atoms. The number of hydrogen-bond acceptors (Lipinski definition) is 4. The molecule has 1 aliphatic heterocycles. The average molecular weight is 347 g/mol. The van der Waals surface area contributed by atoms with Gasteiger partial charge >= 0.3 is 5.97 Å². The first-order chi connectivity index (χ1) is 12.0. The number of nitrogens with zero attached hydrogens (tertiary/aromatic N) is 1. The number of rotatable bonds is 7. The molecule has 0 fully saturated rings. The van der Waals surface area contributed by atoms with Gasteiger partial charge in [-0.05, 0) is 61.1 Å². The highest BCUT2D eigenvalue weighted by atomic mass is 19.1. The maximum absolute atomic E-state index is 13.6. The minimum Gasteiger partial charge on any atom is -0.468 e. The number of carbonyl (C=O) groups is 1. The lowest BCUT2D eigenvalue weighted by Crippen LogP contribution is -2.30. The molecule has 2 rings (SSSR count). The number of benzene rings is 1. The molecule has 25 heavy (non-hydrogen) atoms. The van der Waals surface area contributed by atoms with Gasteiger partial charge in [-0.25, -0.2) is 4.39 Å². The molecule has 136 valence electrons. The van der Waals surface area contributed by atoms with Crippen molar-refractivity contribution in [1.82, 2.24) is 4.90 Å². The fourth-order valence-electron chi connectivity index (χ4n) is 2.90. The lowest BCUT2D eigenvalue weighted by Gasteiger charge is -2.25. The van der Waals surface area contributed by atoms with Gasteiger partial charge in [0.1, 0.15) is 12.4 Å². The SMILES string of the molecule is COCCCC1=CC(c2ccc(F)c(C)c2)=CCCN1CC(=O)OC. The molecule has 0 aliphatic carbocycles. The van der Waals surface area contributed by atoms with Crippen LogP contribution in [-0.2, 0) is 14.3 Å². The Kier molecular flexibility index (Phi) is 7.19. The van der Waals surface area contributed by atoms with Crippen molar-refractivity contribution < 1.29 is 18.7 Å². The van der Waals surface area contributed by atoms with E-state index in [9.17, 15) is 9.18 Å².